The molecule has 3 unspecified atom stereocenters. The first kappa shape index (κ1) is 16.0. The van der Waals surface area contributed by atoms with Crippen LogP contribution < -0.4 is 5.32 Å². The normalized spacial score (nSPS) is 27.1. The lowest BCUT2D eigenvalue weighted by atomic mass is 9.78. The third-order valence-corrected chi connectivity index (χ3v) is 5.47. The highest BCUT2D eigenvalue weighted by Gasteiger charge is 2.29. The van der Waals surface area contributed by atoms with Crippen molar-refractivity contribution < 1.29 is 0 Å². The van der Waals surface area contributed by atoms with Gasteiger partial charge >= 0.3 is 0 Å². The smallest absolute Gasteiger partial charge is 0.0327 e. The van der Waals surface area contributed by atoms with Crippen molar-refractivity contribution in [2.45, 2.75) is 52.6 Å². The van der Waals surface area contributed by atoms with Gasteiger partial charge in [0.25, 0.3) is 0 Å². The molecule has 1 N–H and O–H groups in total. The second kappa shape index (κ2) is 8.16. The average Bonchev–Trinajstić information content (AvgIpc) is 2.94. The van der Waals surface area contributed by atoms with Gasteiger partial charge in [-0.15, -0.1) is 11.3 Å². The molecule has 20 heavy (non-hydrogen) atoms. The molecule has 1 saturated carbocycles. The molecular formula is C17H30N2S. The second-order valence-corrected chi connectivity index (χ2v) is 7.28. The quantitative estimate of drug-likeness (QED) is 0.818. The molecule has 2 nitrogen and oxygen atoms in total. The Labute approximate surface area is 128 Å². The largest absolute Gasteiger partial charge is 0.314 e. The van der Waals surface area contributed by atoms with Crippen LogP contribution in [0.15, 0.2) is 17.5 Å². The van der Waals surface area contributed by atoms with Crippen LogP contribution in [-0.4, -0.2) is 30.6 Å². The van der Waals surface area contributed by atoms with Gasteiger partial charge in [0.05, 0.1) is 0 Å². The van der Waals surface area contributed by atoms with E-state index in [1.165, 1.54) is 30.7 Å². The Balaban J connectivity index is 1.92. The maximum atomic E-state index is 3.72. The van der Waals surface area contributed by atoms with Crippen LogP contribution in [0.4, 0.5) is 0 Å². The number of rotatable bonds is 7. The summed E-state index contributed by atoms with van der Waals surface area (Å²) >= 11 is 1.88. The lowest BCUT2D eigenvalue weighted by Crippen LogP contribution is -2.45. The van der Waals surface area contributed by atoms with E-state index < -0.39 is 0 Å². The van der Waals surface area contributed by atoms with E-state index in [0.717, 1.165) is 37.5 Å². The second-order valence-electron chi connectivity index (χ2n) is 6.25. The van der Waals surface area contributed by atoms with Crippen LogP contribution in [0.1, 0.15) is 44.9 Å². The van der Waals surface area contributed by atoms with Crippen molar-refractivity contribution in [2.24, 2.45) is 11.8 Å². The molecule has 0 amide bonds. The Bertz CT molecular complexity index is 363. The summed E-state index contributed by atoms with van der Waals surface area (Å²) in [6, 6.07) is 5.16. The Morgan fingerprint density at radius 2 is 2.20 bits per heavy atom. The van der Waals surface area contributed by atoms with Gasteiger partial charge in [0, 0.05) is 24.0 Å². The number of thiophene rings is 1. The first-order chi connectivity index (χ1) is 9.72. The molecule has 0 radical (unpaired) electrons. The predicted molar refractivity (Wildman–Crippen MR) is 89.2 cm³/mol. The van der Waals surface area contributed by atoms with Gasteiger partial charge in [-0.1, -0.05) is 26.8 Å². The summed E-state index contributed by atoms with van der Waals surface area (Å²) in [4.78, 5) is 4.12. The van der Waals surface area contributed by atoms with E-state index in [2.05, 4.69) is 48.5 Å². The van der Waals surface area contributed by atoms with Crippen LogP contribution in [0, 0.1) is 11.8 Å². The summed E-state index contributed by atoms with van der Waals surface area (Å²) in [7, 11) is 0. The molecule has 0 saturated heterocycles. The summed E-state index contributed by atoms with van der Waals surface area (Å²) in [5, 5.41) is 5.91. The van der Waals surface area contributed by atoms with E-state index in [4.69, 9.17) is 0 Å². The van der Waals surface area contributed by atoms with Gasteiger partial charge in [-0.25, -0.2) is 0 Å². The van der Waals surface area contributed by atoms with E-state index in [1.807, 2.05) is 11.3 Å². The molecule has 114 valence electrons. The first-order valence-corrected chi connectivity index (χ1v) is 9.09. The van der Waals surface area contributed by atoms with Crippen molar-refractivity contribution in [3.63, 3.8) is 0 Å². The van der Waals surface area contributed by atoms with Crippen molar-refractivity contribution in [2.75, 3.05) is 19.6 Å². The summed E-state index contributed by atoms with van der Waals surface area (Å²) in [6.07, 6.45) is 4.14. The molecule has 1 aromatic rings. The maximum absolute atomic E-state index is 3.72. The number of nitrogens with one attached hydrogen (secondary N) is 1. The number of hydrogen-bond acceptors (Lipinski definition) is 3. The highest BCUT2D eigenvalue weighted by molar-refractivity contribution is 7.09. The van der Waals surface area contributed by atoms with Gasteiger partial charge in [-0.3, -0.25) is 4.90 Å². The van der Waals surface area contributed by atoms with Gasteiger partial charge in [0.2, 0.25) is 0 Å². The maximum Gasteiger partial charge on any atom is 0.0327 e. The molecule has 3 heteroatoms. The fourth-order valence-corrected chi connectivity index (χ4v) is 4.24. The molecule has 0 bridgehead atoms. The molecule has 3 atom stereocenters. The first-order valence-electron chi connectivity index (χ1n) is 8.21. The molecule has 1 aromatic heterocycles. The standard InChI is InChI=1S/C17H30N2S/c1-4-18-17-9-8-14(3)11-15(17)12-19(5-2)13-16-7-6-10-20-16/h6-7,10,14-15,17-18H,4-5,8-9,11-13H2,1-3H3. The van der Waals surface area contributed by atoms with Crippen LogP contribution >= 0.6 is 11.3 Å². The summed E-state index contributed by atoms with van der Waals surface area (Å²) in [5.74, 6) is 1.72. The van der Waals surface area contributed by atoms with Gasteiger partial charge in [-0.05, 0) is 55.6 Å². The fraction of sp³-hybridized carbons (Fsp3) is 0.765. The molecule has 0 spiro atoms. The Morgan fingerprint density at radius 1 is 1.35 bits per heavy atom. The van der Waals surface area contributed by atoms with Crippen LogP contribution in [-0.2, 0) is 6.54 Å². The van der Waals surface area contributed by atoms with Crippen molar-refractivity contribution in [1.82, 2.24) is 10.2 Å². The van der Waals surface area contributed by atoms with Crippen molar-refractivity contribution >= 4 is 11.3 Å². The van der Waals surface area contributed by atoms with Crippen LogP contribution in [0.25, 0.3) is 0 Å². The lowest BCUT2D eigenvalue weighted by Gasteiger charge is -2.38. The average molecular weight is 295 g/mol. The van der Waals surface area contributed by atoms with Gasteiger partial charge < -0.3 is 5.32 Å². The Hall–Kier alpha value is -0.380. The minimum absolute atomic E-state index is 0.730. The van der Waals surface area contributed by atoms with E-state index in [0.29, 0.717) is 0 Å². The molecule has 0 aliphatic heterocycles. The Kier molecular flexibility index (Phi) is 6.53. The van der Waals surface area contributed by atoms with Crippen molar-refractivity contribution in [3.8, 4) is 0 Å². The SMILES string of the molecule is CCNC1CCC(C)CC1CN(CC)Cc1cccs1. The van der Waals surface area contributed by atoms with E-state index in [1.54, 1.807) is 0 Å². The molecule has 0 aromatic carbocycles. The molecule has 1 aliphatic rings. The monoisotopic (exact) mass is 294 g/mol. The van der Waals surface area contributed by atoms with Gasteiger partial charge in [0.15, 0.2) is 0 Å². The molecule has 1 aliphatic carbocycles. The van der Waals surface area contributed by atoms with E-state index in [9.17, 15) is 0 Å². The zero-order valence-electron chi connectivity index (χ0n) is 13.3. The van der Waals surface area contributed by atoms with Crippen LogP contribution in [0.5, 0.6) is 0 Å². The number of hydrogen-bond donors (Lipinski definition) is 1. The highest BCUT2D eigenvalue weighted by Crippen LogP contribution is 2.30. The summed E-state index contributed by atoms with van der Waals surface area (Å²) < 4.78 is 0. The van der Waals surface area contributed by atoms with Crippen LogP contribution in [0.3, 0.4) is 0 Å². The lowest BCUT2D eigenvalue weighted by molar-refractivity contribution is 0.145. The highest BCUT2D eigenvalue weighted by atomic mass is 32.1. The van der Waals surface area contributed by atoms with E-state index >= 15 is 0 Å². The van der Waals surface area contributed by atoms with E-state index in [-0.39, 0.29) is 0 Å². The minimum atomic E-state index is 0.730. The third-order valence-electron chi connectivity index (χ3n) is 4.61. The molecule has 1 heterocycles. The van der Waals surface area contributed by atoms with Gasteiger partial charge in [0.1, 0.15) is 0 Å². The molecular weight excluding hydrogens is 264 g/mol. The zero-order valence-corrected chi connectivity index (χ0v) is 14.1. The predicted octanol–water partition coefficient (Wildman–Crippen LogP) is 3.98. The summed E-state index contributed by atoms with van der Waals surface area (Å²) in [6.45, 7) is 11.6. The Morgan fingerprint density at radius 3 is 2.85 bits per heavy atom. The van der Waals surface area contributed by atoms with Crippen LogP contribution in [0.2, 0.25) is 0 Å². The molecule has 1 fully saturated rings. The fourth-order valence-electron chi connectivity index (χ4n) is 3.49. The zero-order chi connectivity index (χ0) is 14.4. The minimum Gasteiger partial charge on any atom is -0.314 e. The summed E-state index contributed by atoms with van der Waals surface area (Å²) in [5.41, 5.74) is 0. The van der Waals surface area contributed by atoms with Gasteiger partial charge in [-0.2, -0.15) is 0 Å². The number of nitrogens with zero attached hydrogens (tertiary/aromatic N) is 1. The third kappa shape index (κ3) is 4.57. The van der Waals surface area contributed by atoms with Crippen molar-refractivity contribution in [1.29, 1.82) is 0 Å². The van der Waals surface area contributed by atoms with Crippen molar-refractivity contribution in [3.05, 3.63) is 22.4 Å². The topological polar surface area (TPSA) is 15.3 Å². The molecule has 2 rings (SSSR count).